The van der Waals surface area contributed by atoms with Gasteiger partial charge in [-0.15, -0.1) is 0 Å². The van der Waals surface area contributed by atoms with E-state index in [1.807, 2.05) is 37.3 Å². The van der Waals surface area contributed by atoms with E-state index < -0.39 is 5.92 Å². The van der Waals surface area contributed by atoms with Crippen molar-refractivity contribution in [1.29, 1.82) is 0 Å². The number of ether oxygens (including phenoxy) is 1. The molecule has 1 N–H and O–H groups in total. The van der Waals surface area contributed by atoms with Crippen molar-refractivity contribution < 1.29 is 19.2 Å². The van der Waals surface area contributed by atoms with Crippen molar-refractivity contribution in [2.24, 2.45) is 11.8 Å². The third-order valence-electron chi connectivity index (χ3n) is 5.89. The van der Waals surface area contributed by atoms with E-state index in [1.54, 1.807) is 7.11 Å². The molecule has 6 heteroatoms. The van der Waals surface area contributed by atoms with Gasteiger partial charge < -0.3 is 10.1 Å². The summed E-state index contributed by atoms with van der Waals surface area (Å²) in [6.45, 7) is 4.05. The number of rotatable bonds is 9. The van der Waals surface area contributed by atoms with Gasteiger partial charge in [0.25, 0.3) is 0 Å². The number of hydrogen-bond acceptors (Lipinski definition) is 5. The van der Waals surface area contributed by atoms with Crippen LogP contribution in [0.15, 0.2) is 30.3 Å². The Morgan fingerprint density at radius 2 is 2.07 bits per heavy atom. The van der Waals surface area contributed by atoms with E-state index in [1.165, 1.54) is 5.06 Å². The van der Waals surface area contributed by atoms with Gasteiger partial charge in [0, 0.05) is 25.5 Å². The van der Waals surface area contributed by atoms with Crippen molar-refractivity contribution in [1.82, 2.24) is 10.4 Å². The Morgan fingerprint density at radius 3 is 2.68 bits per heavy atom. The van der Waals surface area contributed by atoms with Gasteiger partial charge >= 0.3 is 0 Å². The summed E-state index contributed by atoms with van der Waals surface area (Å²) in [4.78, 5) is 31.6. The number of ketones is 1. The summed E-state index contributed by atoms with van der Waals surface area (Å²) < 4.78 is 5.67. The van der Waals surface area contributed by atoms with Crippen LogP contribution in [-0.4, -0.2) is 55.7 Å². The molecule has 0 aliphatic carbocycles. The summed E-state index contributed by atoms with van der Waals surface area (Å²) in [5, 5.41) is 4.87. The number of amides is 1. The highest BCUT2D eigenvalue weighted by molar-refractivity contribution is 5.88. The predicted octanol–water partition coefficient (Wildman–Crippen LogP) is 2.37. The first kappa shape index (κ1) is 21.0. The standard InChI is InChI=1S/C22H32N2O4/c1-16(21(27-2)19-10-6-11-23-19)20(25)15-18(14-17-8-4-3-5-9-17)22(26)24-12-7-13-28-24/h3-5,8-9,16,18-19,21,23H,6-7,10-15H2,1-2H3/t16-,18+,19-,21+/m0/s1. The summed E-state index contributed by atoms with van der Waals surface area (Å²) in [6.07, 6.45) is 3.55. The molecule has 0 radical (unpaired) electrons. The summed E-state index contributed by atoms with van der Waals surface area (Å²) in [7, 11) is 1.67. The zero-order valence-electron chi connectivity index (χ0n) is 16.9. The van der Waals surface area contributed by atoms with Gasteiger partial charge in [0.2, 0.25) is 5.91 Å². The zero-order chi connectivity index (χ0) is 19.9. The SMILES string of the molecule is CO[C@@H]([C@@H]1CCCN1)[C@@H](C)C(=O)C[C@@H](Cc1ccccc1)C(=O)N1CCCO1. The second-order valence-corrected chi connectivity index (χ2v) is 7.88. The lowest BCUT2D eigenvalue weighted by Crippen LogP contribution is -2.44. The number of carbonyl (C=O) groups excluding carboxylic acids is 2. The highest BCUT2D eigenvalue weighted by Crippen LogP contribution is 2.24. The molecule has 0 saturated carbocycles. The maximum absolute atomic E-state index is 13.1. The number of hydroxylamine groups is 2. The molecule has 0 unspecified atom stereocenters. The maximum Gasteiger partial charge on any atom is 0.250 e. The molecular formula is C22H32N2O4. The van der Waals surface area contributed by atoms with Crippen LogP contribution >= 0.6 is 0 Å². The van der Waals surface area contributed by atoms with E-state index in [9.17, 15) is 9.59 Å². The van der Waals surface area contributed by atoms with Gasteiger partial charge in [-0.25, -0.2) is 5.06 Å². The van der Waals surface area contributed by atoms with Crippen molar-refractivity contribution in [2.75, 3.05) is 26.8 Å². The van der Waals surface area contributed by atoms with E-state index >= 15 is 0 Å². The molecule has 3 rings (SSSR count). The lowest BCUT2D eigenvalue weighted by molar-refractivity contribution is -0.174. The molecule has 1 aromatic carbocycles. The maximum atomic E-state index is 13.1. The van der Waals surface area contributed by atoms with Crippen LogP contribution in [-0.2, 0) is 25.6 Å². The zero-order valence-corrected chi connectivity index (χ0v) is 16.9. The number of nitrogens with zero attached hydrogens (tertiary/aromatic N) is 1. The van der Waals surface area contributed by atoms with Crippen LogP contribution in [0.4, 0.5) is 0 Å². The average molecular weight is 389 g/mol. The Morgan fingerprint density at radius 1 is 1.29 bits per heavy atom. The van der Waals surface area contributed by atoms with Crippen LogP contribution in [0.1, 0.15) is 38.2 Å². The lowest BCUT2D eigenvalue weighted by atomic mass is 9.85. The molecule has 2 heterocycles. The molecule has 0 spiro atoms. The predicted molar refractivity (Wildman–Crippen MR) is 107 cm³/mol. The smallest absolute Gasteiger partial charge is 0.250 e. The summed E-state index contributed by atoms with van der Waals surface area (Å²) in [5.74, 6) is -0.681. The minimum absolute atomic E-state index is 0.0778. The summed E-state index contributed by atoms with van der Waals surface area (Å²) in [6, 6.07) is 10.1. The largest absolute Gasteiger partial charge is 0.379 e. The molecule has 2 aliphatic heterocycles. The molecule has 1 amide bonds. The quantitative estimate of drug-likeness (QED) is 0.703. The van der Waals surface area contributed by atoms with E-state index in [0.29, 0.717) is 19.6 Å². The highest BCUT2D eigenvalue weighted by Gasteiger charge is 2.36. The summed E-state index contributed by atoms with van der Waals surface area (Å²) >= 11 is 0. The van der Waals surface area contributed by atoms with Gasteiger partial charge in [-0.2, -0.15) is 0 Å². The molecule has 1 aromatic rings. The van der Waals surface area contributed by atoms with E-state index in [-0.39, 0.29) is 36.2 Å². The van der Waals surface area contributed by atoms with Crippen LogP contribution in [0, 0.1) is 11.8 Å². The third-order valence-corrected chi connectivity index (χ3v) is 5.89. The second kappa shape index (κ2) is 10.1. The minimum Gasteiger partial charge on any atom is -0.379 e. The Bertz CT molecular complexity index is 639. The number of carbonyl (C=O) groups is 2. The molecule has 154 valence electrons. The third kappa shape index (κ3) is 5.19. The van der Waals surface area contributed by atoms with Crippen molar-refractivity contribution in [3.05, 3.63) is 35.9 Å². The summed E-state index contributed by atoms with van der Waals surface area (Å²) in [5.41, 5.74) is 1.06. The van der Waals surface area contributed by atoms with Crippen molar-refractivity contribution in [2.45, 2.75) is 51.2 Å². The van der Waals surface area contributed by atoms with Gasteiger partial charge in [0.1, 0.15) is 5.78 Å². The van der Waals surface area contributed by atoms with Gasteiger partial charge in [0.15, 0.2) is 0 Å². The Kier molecular flexibility index (Phi) is 7.59. The van der Waals surface area contributed by atoms with Crippen molar-refractivity contribution in [3.63, 3.8) is 0 Å². The molecule has 2 saturated heterocycles. The van der Waals surface area contributed by atoms with Crippen LogP contribution in [0.25, 0.3) is 0 Å². The molecular weight excluding hydrogens is 356 g/mol. The molecule has 0 aromatic heterocycles. The molecule has 2 aliphatic rings. The second-order valence-electron chi connectivity index (χ2n) is 7.88. The minimum atomic E-state index is -0.413. The van der Waals surface area contributed by atoms with Gasteiger partial charge in [-0.3, -0.25) is 14.4 Å². The molecule has 6 nitrogen and oxygen atoms in total. The number of methoxy groups -OCH3 is 1. The van der Waals surface area contributed by atoms with Crippen LogP contribution in [0.3, 0.4) is 0 Å². The first-order chi connectivity index (χ1) is 13.6. The first-order valence-corrected chi connectivity index (χ1v) is 10.4. The number of nitrogens with one attached hydrogen (secondary N) is 1. The molecule has 28 heavy (non-hydrogen) atoms. The number of Topliss-reactive ketones (excluding diaryl/α,β-unsaturated/α-hetero) is 1. The number of hydrogen-bond donors (Lipinski definition) is 1. The van der Waals surface area contributed by atoms with Crippen molar-refractivity contribution >= 4 is 11.7 Å². The van der Waals surface area contributed by atoms with Crippen LogP contribution < -0.4 is 5.32 Å². The van der Waals surface area contributed by atoms with Gasteiger partial charge in [-0.05, 0) is 37.8 Å². The molecule has 0 bridgehead atoms. The highest BCUT2D eigenvalue weighted by atomic mass is 16.7. The Hall–Kier alpha value is -1.76. The topological polar surface area (TPSA) is 67.9 Å². The van der Waals surface area contributed by atoms with E-state index in [2.05, 4.69) is 5.32 Å². The van der Waals surface area contributed by atoms with Gasteiger partial charge in [-0.1, -0.05) is 37.3 Å². The monoisotopic (exact) mass is 388 g/mol. The fourth-order valence-corrected chi connectivity index (χ4v) is 4.29. The van der Waals surface area contributed by atoms with E-state index in [0.717, 1.165) is 31.4 Å². The van der Waals surface area contributed by atoms with E-state index in [4.69, 9.17) is 9.57 Å². The van der Waals surface area contributed by atoms with Crippen molar-refractivity contribution in [3.8, 4) is 0 Å². The fourth-order valence-electron chi connectivity index (χ4n) is 4.29. The van der Waals surface area contributed by atoms with Crippen LogP contribution in [0.2, 0.25) is 0 Å². The lowest BCUT2D eigenvalue weighted by Gasteiger charge is -2.29. The van der Waals surface area contributed by atoms with Gasteiger partial charge in [0.05, 0.1) is 25.2 Å². The number of benzene rings is 1. The first-order valence-electron chi connectivity index (χ1n) is 10.4. The Labute approximate surface area is 167 Å². The molecule has 2 fully saturated rings. The molecule has 4 atom stereocenters. The Balaban J connectivity index is 1.69. The van der Waals surface area contributed by atoms with Crippen LogP contribution in [0.5, 0.6) is 0 Å². The fraction of sp³-hybridized carbons (Fsp3) is 0.636. The normalized spacial score (nSPS) is 22.8. The average Bonchev–Trinajstić information content (AvgIpc) is 3.42.